The van der Waals surface area contributed by atoms with Crippen LogP contribution in [0.15, 0.2) is 167 Å². The molecule has 0 fully saturated rings. The standard InChI is InChI=1S/C17H12ClNO2.C16H8Cl2N2OS.C13H5Cl2N3O.C11H8Cl2N2O2.C11H7Cl2NO3.C10H4Cl2N2O/c1-11-7-12(9-15(18)16(11)20)8-14(10-19)17(21)13-5-3-2-4-6-13;17-11-6-9(7-12(18)15(11)21)5-10(8-19)16-20-13-3-1-2-4-14(13)22-16;1-17-9(6-10(7-16)18-2)3-8-4-11(14)13(19)12(15)5-8;1-14-9(11(17)15-2)5-6-3-7(12)10(16)8(13)4-6;1-17-11(16)7(5-14)2-6-3-8(12)10(15)9(13)4-6;1-14-7(5-13)2-6-3-8(11)10(15)9(12)4-6/h2-9,20H,1H3;1-7,21H;3-6,19H;3-5,16H,2H3,(H,15,17);2-4,15H,1H3;2-4,15H/b14-8+;10-5+;9-3+,10-6-;9-5+;2*7-2+. The number of aromatic hydroxyl groups is 6. The highest BCUT2D eigenvalue weighted by Gasteiger charge is 2.17. The molecule has 1 amide bonds. The maximum atomic E-state index is 12.2. The Kier molecular flexibility index (Phi) is 37.0. The fourth-order valence-corrected chi connectivity index (χ4v) is 11.9. The molecule has 0 saturated carbocycles. The number of ketones is 1. The number of benzene rings is 8. The molecule has 1 aromatic heterocycles. The van der Waals surface area contributed by atoms with Gasteiger partial charge in [-0.15, -0.1) is 11.3 Å². The number of allylic oxidation sites excluding steroid dienone is 5. The Balaban J connectivity index is 0.000000282. The summed E-state index contributed by atoms with van der Waals surface area (Å²) in [5.74, 6) is -2.69. The SMILES string of the molecule is COC(=O)/C(C#N)=C/c1cc(Cl)c(O)c(Cl)c1.Cc1cc(/C=C(\C#N)C(=O)c2ccccc2)cc(Cl)c1O.N#C/C(=C\c1cc(Cl)c(O)c(Cl)c1)c1nc2ccccc2s1.[C-]#[N+]/C(=C/c1cc(Cl)c(O)c(Cl)c1)C(=O)NC.[C-]#[N+]/C(C#N)=C/c1cc(Cl)c(O)c(Cl)c1.[C-]#[N+]/C(C#N)=C\C(=C/c1cc(Cl)c(O)c(Cl)c1)[N+]#[C-]. The smallest absolute Gasteiger partial charge is 0.348 e. The molecule has 111 heavy (non-hydrogen) atoms. The fourth-order valence-electron chi connectivity index (χ4n) is 8.15. The van der Waals surface area contributed by atoms with E-state index in [0.717, 1.165) is 16.3 Å². The van der Waals surface area contributed by atoms with Crippen LogP contribution in [0.25, 0.3) is 71.6 Å². The highest BCUT2D eigenvalue weighted by Crippen LogP contribution is 2.39. The first-order chi connectivity index (χ1) is 52.7. The zero-order valence-corrected chi connectivity index (χ0v) is 65.7. The van der Waals surface area contributed by atoms with E-state index in [4.69, 9.17) is 170 Å². The zero-order chi connectivity index (χ0) is 82.9. The van der Waals surface area contributed by atoms with Gasteiger partial charge in [-0.2, -0.15) is 15.8 Å². The summed E-state index contributed by atoms with van der Waals surface area (Å²) in [5.41, 5.74) is 4.93. The van der Waals surface area contributed by atoms with Gasteiger partial charge in [-0.1, -0.05) is 176 Å². The topological polar surface area (TPSA) is 343 Å². The van der Waals surface area contributed by atoms with Crippen LogP contribution < -0.4 is 5.32 Å². The minimum atomic E-state index is -0.757. The van der Waals surface area contributed by atoms with Gasteiger partial charge in [-0.3, -0.25) is 9.59 Å². The molecule has 21 nitrogen and oxygen atoms in total. The Hall–Kier alpha value is -12.2. The number of likely N-dealkylation sites (N-methyl/N-ethyl adjacent to an activating group) is 1. The molecule has 9 rings (SSSR count). The van der Waals surface area contributed by atoms with Gasteiger partial charge in [0.2, 0.25) is 11.7 Å². The van der Waals surface area contributed by atoms with Gasteiger partial charge < -0.3 is 40.7 Å². The molecular formula is C78H44Cl11N11O10S. The number of esters is 1. The average Bonchev–Trinajstić information content (AvgIpc) is 1.72. The van der Waals surface area contributed by atoms with E-state index in [9.17, 15) is 55.5 Å². The predicted octanol–water partition coefficient (Wildman–Crippen LogP) is 22.8. The van der Waals surface area contributed by atoms with Crippen LogP contribution in [0.5, 0.6) is 34.5 Å². The number of hydrogen-bond acceptors (Lipinski definition) is 17. The first-order valence-electron chi connectivity index (χ1n) is 29.9. The third-order valence-electron chi connectivity index (χ3n) is 13.4. The van der Waals surface area contributed by atoms with Gasteiger partial charge in [0, 0.05) is 12.6 Å². The van der Waals surface area contributed by atoms with Gasteiger partial charge in [-0.05, 0) is 167 Å². The third kappa shape index (κ3) is 27.5. The van der Waals surface area contributed by atoms with Crippen molar-refractivity contribution in [3.05, 3.63) is 318 Å². The lowest BCUT2D eigenvalue weighted by atomic mass is 10.0. The summed E-state index contributed by atoms with van der Waals surface area (Å²) in [6, 6.07) is 43.0. The van der Waals surface area contributed by atoms with Crippen LogP contribution in [0.2, 0.25) is 55.2 Å². The molecule has 0 aliphatic heterocycles. The van der Waals surface area contributed by atoms with E-state index in [1.165, 1.54) is 110 Å². The number of rotatable bonds is 12. The van der Waals surface area contributed by atoms with Crippen LogP contribution in [0, 0.1) is 89.9 Å². The second-order valence-corrected chi connectivity index (χ2v) is 26.4. The van der Waals surface area contributed by atoms with Crippen LogP contribution in [-0.2, 0) is 14.3 Å². The number of aromatic nitrogens is 1. The number of amides is 1. The van der Waals surface area contributed by atoms with E-state index in [1.54, 1.807) is 79.7 Å². The second-order valence-electron chi connectivity index (χ2n) is 20.9. The van der Waals surface area contributed by atoms with Crippen molar-refractivity contribution in [2.45, 2.75) is 6.92 Å². The van der Waals surface area contributed by atoms with Crippen molar-refractivity contribution in [2.75, 3.05) is 14.2 Å². The van der Waals surface area contributed by atoms with Gasteiger partial charge in [-0.25, -0.2) is 39.7 Å². The number of phenolic OH excluding ortho intramolecular Hbond substituents is 6. The Bertz CT molecular complexity index is 5480. The number of hydrogen-bond donors (Lipinski definition) is 7. The molecule has 0 radical (unpaired) electrons. The normalized spacial score (nSPS) is 11.1. The number of carbonyl (C=O) groups excluding carboxylic acids is 3. The Morgan fingerprint density at radius 1 is 0.459 bits per heavy atom. The Morgan fingerprint density at radius 2 is 0.838 bits per heavy atom. The number of carbonyl (C=O) groups is 3. The van der Waals surface area contributed by atoms with E-state index < -0.39 is 11.9 Å². The molecular weight excluding hydrogens is 1670 g/mol. The van der Waals surface area contributed by atoms with Crippen molar-refractivity contribution in [3.63, 3.8) is 0 Å². The number of phenols is 6. The van der Waals surface area contributed by atoms with Crippen molar-refractivity contribution < 1.29 is 49.8 Å². The second kappa shape index (κ2) is 45.0. The molecule has 0 atom stereocenters. The van der Waals surface area contributed by atoms with Crippen LogP contribution in [0.4, 0.5) is 0 Å². The molecule has 0 bridgehead atoms. The number of nitrogens with zero attached hydrogens (tertiary/aromatic N) is 10. The minimum absolute atomic E-state index is 0.00158. The van der Waals surface area contributed by atoms with Gasteiger partial charge in [0.1, 0.15) is 40.1 Å². The van der Waals surface area contributed by atoms with Crippen LogP contribution in [-0.4, -0.2) is 67.4 Å². The first kappa shape index (κ1) is 91.2. The van der Waals surface area contributed by atoms with Crippen molar-refractivity contribution in [3.8, 4) is 64.8 Å². The van der Waals surface area contributed by atoms with Crippen LogP contribution >= 0.6 is 139 Å². The van der Waals surface area contributed by atoms with E-state index in [1.807, 2.05) is 30.3 Å². The summed E-state index contributed by atoms with van der Waals surface area (Å²) in [5, 5.41) is 105. The number of ether oxygens (including phenoxy) is 1. The summed E-state index contributed by atoms with van der Waals surface area (Å²) in [6.07, 6.45) is 9.63. The lowest BCUT2D eigenvalue weighted by Gasteiger charge is -2.04. The van der Waals surface area contributed by atoms with Crippen molar-refractivity contribution in [2.24, 2.45) is 0 Å². The minimum Gasteiger partial charge on any atom is -0.506 e. The van der Waals surface area contributed by atoms with E-state index in [0.29, 0.717) is 55.1 Å². The van der Waals surface area contributed by atoms with Crippen molar-refractivity contribution in [1.82, 2.24) is 10.3 Å². The van der Waals surface area contributed by atoms with Crippen LogP contribution in [0.1, 0.15) is 54.3 Å². The number of fused-ring (bicyclic) bond motifs is 1. The summed E-state index contributed by atoms with van der Waals surface area (Å²) in [7, 11) is 2.60. The zero-order valence-electron chi connectivity index (χ0n) is 56.5. The first-order valence-corrected chi connectivity index (χ1v) is 34.8. The average molecular weight is 1720 g/mol. The molecule has 1 heterocycles. The number of halogens is 11. The monoisotopic (exact) mass is 1710 g/mol. The summed E-state index contributed by atoms with van der Waals surface area (Å²) in [4.78, 5) is 51.4. The molecule has 0 spiro atoms. The Labute approximate surface area is 693 Å². The van der Waals surface area contributed by atoms with Gasteiger partial charge in [0.15, 0.2) is 34.4 Å². The van der Waals surface area contributed by atoms with Crippen molar-refractivity contribution in [1.29, 1.82) is 26.3 Å². The molecule has 0 unspecified atom stereocenters. The van der Waals surface area contributed by atoms with Crippen LogP contribution in [0.3, 0.4) is 0 Å². The predicted molar refractivity (Wildman–Crippen MR) is 435 cm³/mol. The highest BCUT2D eigenvalue weighted by atomic mass is 35.5. The molecule has 8 aromatic carbocycles. The lowest BCUT2D eigenvalue weighted by Crippen LogP contribution is -2.18. The molecule has 0 aliphatic rings. The number of thiazole rings is 1. The van der Waals surface area contributed by atoms with E-state index in [2.05, 4.69) is 40.5 Å². The van der Waals surface area contributed by atoms with E-state index >= 15 is 0 Å². The Morgan fingerprint density at radius 3 is 1.21 bits per heavy atom. The van der Waals surface area contributed by atoms with Gasteiger partial charge >= 0.3 is 5.97 Å². The maximum absolute atomic E-state index is 12.2. The summed E-state index contributed by atoms with van der Waals surface area (Å²) >= 11 is 64.8. The molecule has 554 valence electrons. The number of para-hydroxylation sites is 1. The number of methoxy groups -OCH3 is 1. The summed E-state index contributed by atoms with van der Waals surface area (Å²) < 4.78 is 5.43. The molecule has 0 aliphatic carbocycles. The quantitative estimate of drug-likeness (QED) is 0.0149. The molecule has 33 heteroatoms. The molecule has 9 aromatic rings. The number of aryl methyl sites for hydroxylation is 1. The molecule has 7 N–H and O–H groups in total. The largest absolute Gasteiger partial charge is 0.506 e. The molecule has 0 saturated heterocycles. The summed E-state index contributed by atoms with van der Waals surface area (Å²) in [6.45, 7) is 29.0. The van der Waals surface area contributed by atoms with Gasteiger partial charge in [0.25, 0.3) is 17.1 Å². The van der Waals surface area contributed by atoms with Crippen molar-refractivity contribution >= 4 is 209 Å². The number of nitrogens with one attached hydrogen (secondary N) is 1. The van der Waals surface area contributed by atoms with E-state index in [-0.39, 0.29) is 129 Å². The maximum Gasteiger partial charge on any atom is 0.348 e. The highest BCUT2D eigenvalue weighted by molar-refractivity contribution is 7.19. The third-order valence-corrected chi connectivity index (χ3v) is 17.6. The number of Topliss-reactive ketones (excluding diaryl/α,β-unsaturated/α-hetero) is 1. The fraction of sp³-hybridized carbons (Fsp3) is 0.0385. The lowest BCUT2D eigenvalue weighted by molar-refractivity contribution is -0.135. The van der Waals surface area contributed by atoms with Gasteiger partial charge in [0.05, 0.1) is 117 Å². The number of nitriles is 5.